The Labute approximate surface area is 136 Å². The molecule has 0 radical (unpaired) electrons. The van der Waals surface area contributed by atoms with E-state index in [-0.39, 0.29) is 5.91 Å². The van der Waals surface area contributed by atoms with E-state index in [1.54, 1.807) is 30.3 Å². The van der Waals surface area contributed by atoms with Crippen LogP contribution in [0.25, 0.3) is 16.8 Å². The van der Waals surface area contributed by atoms with E-state index in [4.69, 9.17) is 4.42 Å². The molecule has 0 bridgehead atoms. The number of fused-ring (bicyclic) bond motifs is 1. The number of aromatic nitrogens is 2. The minimum Gasteiger partial charge on any atom is -0.408 e. The number of H-pyrrole nitrogens is 1. The predicted octanol–water partition coefficient (Wildman–Crippen LogP) is 3.16. The van der Waals surface area contributed by atoms with Crippen molar-refractivity contribution < 1.29 is 9.21 Å². The minimum atomic E-state index is -0.519. The summed E-state index contributed by atoms with van der Waals surface area (Å²) in [6.07, 6.45) is 3.88. The summed E-state index contributed by atoms with van der Waals surface area (Å²) in [5.74, 6) is -0.750. The van der Waals surface area contributed by atoms with Crippen molar-refractivity contribution in [1.82, 2.24) is 9.55 Å². The first-order chi connectivity index (χ1) is 11.7. The predicted molar refractivity (Wildman–Crippen MR) is 90.6 cm³/mol. The van der Waals surface area contributed by atoms with Gasteiger partial charge in [-0.05, 0) is 48.5 Å². The number of aromatic amines is 1. The topological polar surface area (TPSA) is 80.0 Å². The van der Waals surface area contributed by atoms with E-state index in [1.807, 2.05) is 41.2 Å². The number of amides is 1. The van der Waals surface area contributed by atoms with Gasteiger partial charge in [-0.3, -0.25) is 9.78 Å². The van der Waals surface area contributed by atoms with Crippen LogP contribution in [0.2, 0.25) is 0 Å². The molecule has 0 aliphatic heterocycles. The first-order valence-electron chi connectivity index (χ1n) is 7.37. The largest absolute Gasteiger partial charge is 0.417 e. The maximum absolute atomic E-state index is 12.3. The van der Waals surface area contributed by atoms with E-state index in [0.29, 0.717) is 22.4 Å². The first kappa shape index (κ1) is 14.1. The zero-order chi connectivity index (χ0) is 16.5. The van der Waals surface area contributed by atoms with Gasteiger partial charge < -0.3 is 14.3 Å². The van der Waals surface area contributed by atoms with E-state index >= 15 is 0 Å². The molecule has 0 atom stereocenters. The summed E-state index contributed by atoms with van der Waals surface area (Å²) in [4.78, 5) is 26.0. The molecule has 118 valence electrons. The van der Waals surface area contributed by atoms with Crippen LogP contribution in [-0.4, -0.2) is 15.5 Å². The Morgan fingerprint density at radius 2 is 1.79 bits per heavy atom. The van der Waals surface area contributed by atoms with Gasteiger partial charge in [0.1, 0.15) is 0 Å². The fraction of sp³-hybridized carbons (Fsp3) is 0. The number of oxazole rings is 1. The second-order valence-corrected chi connectivity index (χ2v) is 5.32. The molecule has 0 spiro atoms. The lowest BCUT2D eigenvalue weighted by Gasteiger charge is -2.07. The molecule has 0 saturated heterocycles. The maximum Gasteiger partial charge on any atom is 0.417 e. The van der Waals surface area contributed by atoms with E-state index in [2.05, 4.69) is 10.3 Å². The van der Waals surface area contributed by atoms with Gasteiger partial charge in [-0.2, -0.15) is 0 Å². The van der Waals surface area contributed by atoms with E-state index in [1.165, 1.54) is 0 Å². The van der Waals surface area contributed by atoms with E-state index in [9.17, 15) is 9.59 Å². The van der Waals surface area contributed by atoms with Gasteiger partial charge in [0, 0.05) is 35.4 Å². The van der Waals surface area contributed by atoms with Gasteiger partial charge in [0.15, 0.2) is 5.58 Å². The molecule has 4 aromatic rings. The van der Waals surface area contributed by atoms with Crippen molar-refractivity contribution in [3.8, 4) is 5.69 Å². The quantitative estimate of drug-likeness (QED) is 0.608. The van der Waals surface area contributed by atoms with Crippen molar-refractivity contribution >= 4 is 22.7 Å². The molecular weight excluding hydrogens is 306 g/mol. The lowest BCUT2D eigenvalue weighted by atomic mass is 10.2. The Bertz CT molecular complexity index is 1060. The van der Waals surface area contributed by atoms with Gasteiger partial charge >= 0.3 is 5.76 Å². The van der Waals surface area contributed by atoms with E-state index in [0.717, 1.165) is 5.69 Å². The smallest absolute Gasteiger partial charge is 0.408 e. The van der Waals surface area contributed by atoms with Gasteiger partial charge in [-0.25, -0.2) is 4.79 Å². The van der Waals surface area contributed by atoms with Crippen LogP contribution >= 0.6 is 0 Å². The molecule has 0 unspecified atom stereocenters. The molecule has 2 heterocycles. The molecule has 2 N–H and O–H groups in total. The van der Waals surface area contributed by atoms with Crippen molar-refractivity contribution in [2.75, 3.05) is 5.32 Å². The normalized spacial score (nSPS) is 10.8. The highest BCUT2D eigenvalue weighted by molar-refractivity contribution is 6.05. The maximum atomic E-state index is 12.3. The lowest BCUT2D eigenvalue weighted by molar-refractivity contribution is 0.102. The monoisotopic (exact) mass is 319 g/mol. The number of nitrogens with one attached hydrogen (secondary N) is 2. The highest BCUT2D eigenvalue weighted by Crippen LogP contribution is 2.17. The van der Waals surface area contributed by atoms with Crippen LogP contribution in [0.15, 0.2) is 76.2 Å². The van der Waals surface area contributed by atoms with Crippen molar-refractivity contribution in [3.05, 3.63) is 83.1 Å². The first-order valence-corrected chi connectivity index (χ1v) is 7.37. The van der Waals surface area contributed by atoms with Crippen LogP contribution in [0.3, 0.4) is 0 Å². The van der Waals surface area contributed by atoms with Crippen molar-refractivity contribution in [2.45, 2.75) is 0 Å². The summed E-state index contributed by atoms with van der Waals surface area (Å²) >= 11 is 0. The second kappa shape index (κ2) is 5.58. The number of nitrogens with zero attached hydrogens (tertiary/aromatic N) is 1. The van der Waals surface area contributed by atoms with Gasteiger partial charge in [-0.15, -0.1) is 0 Å². The third-order valence-electron chi connectivity index (χ3n) is 3.71. The summed E-state index contributed by atoms with van der Waals surface area (Å²) in [7, 11) is 0. The summed E-state index contributed by atoms with van der Waals surface area (Å²) in [5, 5.41) is 2.79. The van der Waals surface area contributed by atoms with Crippen LogP contribution in [0.1, 0.15) is 10.4 Å². The molecule has 2 aromatic heterocycles. The number of carbonyl (C=O) groups excluding carboxylic acids is 1. The zero-order valence-corrected chi connectivity index (χ0v) is 12.5. The van der Waals surface area contributed by atoms with Crippen LogP contribution in [0, 0.1) is 0 Å². The summed E-state index contributed by atoms with van der Waals surface area (Å²) in [6.45, 7) is 0. The van der Waals surface area contributed by atoms with Crippen LogP contribution in [0.4, 0.5) is 5.69 Å². The summed E-state index contributed by atoms with van der Waals surface area (Å²) in [6, 6.07) is 16.2. The van der Waals surface area contributed by atoms with Gasteiger partial charge in [0.2, 0.25) is 0 Å². The number of rotatable bonds is 3. The summed E-state index contributed by atoms with van der Waals surface area (Å²) < 4.78 is 6.95. The second-order valence-electron chi connectivity index (χ2n) is 5.32. The third kappa shape index (κ3) is 2.61. The molecule has 4 rings (SSSR count). The molecule has 0 saturated carbocycles. The Kier molecular flexibility index (Phi) is 3.28. The lowest BCUT2D eigenvalue weighted by Crippen LogP contribution is -2.11. The number of benzene rings is 2. The molecule has 24 heavy (non-hydrogen) atoms. The SMILES string of the molecule is O=C(Nc1ccc2[nH]c(=O)oc2c1)c1ccc(-n2cccc2)cc1. The molecular formula is C18H13N3O3. The number of hydrogen-bond donors (Lipinski definition) is 2. The van der Waals surface area contributed by atoms with Gasteiger partial charge in [0.05, 0.1) is 5.52 Å². The van der Waals surface area contributed by atoms with Crippen LogP contribution in [-0.2, 0) is 0 Å². The number of carbonyl (C=O) groups is 1. The molecule has 0 fully saturated rings. The highest BCUT2D eigenvalue weighted by Gasteiger charge is 2.08. The number of anilines is 1. The Morgan fingerprint density at radius 1 is 1.04 bits per heavy atom. The van der Waals surface area contributed by atoms with Crippen molar-refractivity contribution in [1.29, 1.82) is 0 Å². The van der Waals surface area contributed by atoms with E-state index < -0.39 is 5.76 Å². The van der Waals surface area contributed by atoms with Crippen molar-refractivity contribution in [3.63, 3.8) is 0 Å². The molecule has 1 amide bonds. The molecule has 0 aliphatic carbocycles. The van der Waals surface area contributed by atoms with Crippen LogP contribution < -0.4 is 11.1 Å². The van der Waals surface area contributed by atoms with Crippen molar-refractivity contribution in [2.24, 2.45) is 0 Å². The average Bonchev–Trinajstić information content (AvgIpc) is 3.23. The standard InChI is InChI=1S/C18H13N3O3/c22-17(12-3-6-14(7-4-12)21-9-1-2-10-21)19-13-5-8-15-16(11-13)24-18(23)20-15/h1-11H,(H,19,22)(H,20,23). The highest BCUT2D eigenvalue weighted by atomic mass is 16.4. The third-order valence-corrected chi connectivity index (χ3v) is 3.71. The Morgan fingerprint density at radius 3 is 2.54 bits per heavy atom. The van der Waals surface area contributed by atoms with Gasteiger partial charge in [0.25, 0.3) is 5.91 Å². The zero-order valence-electron chi connectivity index (χ0n) is 12.5. The minimum absolute atomic E-state index is 0.230. The molecule has 6 nitrogen and oxygen atoms in total. The number of hydrogen-bond acceptors (Lipinski definition) is 3. The Balaban J connectivity index is 1.55. The van der Waals surface area contributed by atoms with Gasteiger partial charge in [-0.1, -0.05) is 0 Å². The summed E-state index contributed by atoms with van der Waals surface area (Å²) in [5.41, 5.74) is 3.08. The fourth-order valence-electron chi connectivity index (χ4n) is 2.52. The Hall–Kier alpha value is -3.54. The van der Waals surface area contributed by atoms with Crippen LogP contribution in [0.5, 0.6) is 0 Å². The molecule has 0 aliphatic rings. The average molecular weight is 319 g/mol. The fourth-order valence-corrected chi connectivity index (χ4v) is 2.52. The molecule has 2 aromatic carbocycles. The molecule has 6 heteroatoms.